The number of hydrogen-bond acceptors (Lipinski definition) is 2. The summed E-state index contributed by atoms with van der Waals surface area (Å²) in [7, 11) is 0. The third-order valence-electron chi connectivity index (χ3n) is 4.22. The third kappa shape index (κ3) is 3.69. The van der Waals surface area contributed by atoms with E-state index >= 15 is 0 Å². The molecule has 5 heteroatoms. The topological polar surface area (TPSA) is 46.3 Å². The molecule has 2 aromatic carbocycles. The van der Waals surface area contributed by atoms with E-state index in [9.17, 15) is 4.79 Å². The first-order chi connectivity index (χ1) is 10.6. The van der Waals surface area contributed by atoms with Crippen LogP contribution in [0.3, 0.4) is 0 Å². The number of fused-ring (bicyclic) bond motifs is 1. The number of carbonyl (C=O) groups is 1. The molecule has 1 atom stereocenters. The van der Waals surface area contributed by atoms with Gasteiger partial charge in [0.2, 0.25) is 5.91 Å². The van der Waals surface area contributed by atoms with E-state index in [0.29, 0.717) is 13.1 Å². The molecule has 2 aromatic rings. The van der Waals surface area contributed by atoms with Crippen LogP contribution in [0.4, 0.5) is 0 Å². The van der Waals surface area contributed by atoms with Crippen LogP contribution in [0.15, 0.2) is 42.5 Å². The zero-order valence-corrected chi connectivity index (χ0v) is 14.5. The number of rotatable bonds is 2. The van der Waals surface area contributed by atoms with Gasteiger partial charge in [-0.15, -0.1) is 12.4 Å². The summed E-state index contributed by atoms with van der Waals surface area (Å²) in [4.78, 5) is 14.5. The van der Waals surface area contributed by atoms with Gasteiger partial charge < -0.3 is 10.6 Å². The summed E-state index contributed by atoms with van der Waals surface area (Å²) < 4.78 is 0. The molecular weight excluding hydrogens is 331 g/mol. The summed E-state index contributed by atoms with van der Waals surface area (Å²) in [6.45, 7) is 3.26. The number of carbonyl (C=O) groups excluding carboxylic acids is 1. The Morgan fingerprint density at radius 2 is 1.91 bits per heavy atom. The van der Waals surface area contributed by atoms with Crippen LogP contribution < -0.4 is 5.73 Å². The van der Waals surface area contributed by atoms with Crippen molar-refractivity contribution >= 4 is 29.9 Å². The van der Waals surface area contributed by atoms with Crippen LogP contribution in [0.1, 0.15) is 28.3 Å². The third-order valence-corrected chi connectivity index (χ3v) is 4.58. The molecule has 3 nitrogen and oxygen atoms in total. The zero-order chi connectivity index (χ0) is 15.7. The number of nitrogens with zero attached hydrogens (tertiary/aromatic N) is 1. The molecule has 0 spiro atoms. The minimum Gasteiger partial charge on any atom is -0.336 e. The van der Waals surface area contributed by atoms with Crippen LogP contribution in [0.5, 0.6) is 0 Å². The van der Waals surface area contributed by atoms with Gasteiger partial charge in [0.1, 0.15) is 6.04 Å². The summed E-state index contributed by atoms with van der Waals surface area (Å²) >= 11 is 6.21. The number of halogens is 2. The van der Waals surface area contributed by atoms with Crippen molar-refractivity contribution in [3.05, 3.63) is 69.7 Å². The van der Waals surface area contributed by atoms with Crippen LogP contribution in [0.25, 0.3) is 0 Å². The van der Waals surface area contributed by atoms with Gasteiger partial charge in [-0.05, 0) is 36.1 Å². The van der Waals surface area contributed by atoms with E-state index in [-0.39, 0.29) is 18.3 Å². The predicted molar refractivity (Wildman–Crippen MR) is 95.9 cm³/mol. The molecule has 0 saturated carbocycles. The van der Waals surface area contributed by atoms with Crippen LogP contribution in [-0.4, -0.2) is 17.4 Å². The summed E-state index contributed by atoms with van der Waals surface area (Å²) in [6.07, 6.45) is 0.779. The van der Waals surface area contributed by atoms with Crippen LogP contribution in [-0.2, 0) is 17.8 Å². The van der Waals surface area contributed by atoms with E-state index < -0.39 is 6.04 Å². The fourth-order valence-corrected chi connectivity index (χ4v) is 3.15. The van der Waals surface area contributed by atoms with E-state index in [1.807, 2.05) is 54.3 Å². The van der Waals surface area contributed by atoms with Gasteiger partial charge in [0.05, 0.1) is 0 Å². The summed E-state index contributed by atoms with van der Waals surface area (Å²) in [5.41, 5.74) is 10.4. The van der Waals surface area contributed by atoms with Gasteiger partial charge in [-0.1, -0.05) is 53.6 Å². The SMILES string of the molecule is Cc1ccc(C(N)C(=O)N2CCc3c(Cl)cccc3C2)cc1.Cl. The Balaban J connectivity index is 0.00000192. The first-order valence-corrected chi connectivity index (χ1v) is 7.81. The smallest absolute Gasteiger partial charge is 0.244 e. The molecule has 0 bridgehead atoms. The van der Waals surface area contributed by atoms with E-state index in [4.69, 9.17) is 17.3 Å². The van der Waals surface area contributed by atoms with Crippen molar-refractivity contribution in [1.29, 1.82) is 0 Å². The maximum absolute atomic E-state index is 12.6. The molecule has 0 fully saturated rings. The molecule has 0 radical (unpaired) electrons. The van der Waals surface area contributed by atoms with Crippen molar-refractivity contribution in [2.75, 3.05) is 6.54 Å². The maximum atomic E-state index is 12.6. The van der Waals surface area contributed by atoms with Crippen molar-refractivity contribution in [2.24, 2.45) is 5.73 Å². The predicted octanol–water partition coefficient (Wildman–Crippen LogP) is 3.65. The second-order valence-electron chi connectivity index (χ2n) is 5.78. The van der Waals surface area contributed by atoms with Crippen molar-refractivity contribution in [3.8, 4) is 0 Å². The molecule has 0 aliphatic carbocycles. The quantitative estimate of drug-likeness (QED) is 0.898. The summed E-state index contributed by atoms with van der Waals surface area (Å²) in [6, 6.07) is 13.0. The fourth-order valence-electron chi connectivity index (χ4n) is 2.86. The molecule has 1 aliphatic heterocycles. The van der Waals surface area contributed by atoms with Crippen molar-refractivity contribution < 1.29 is 4.79 Å². The molecule has 1 aliphatic rings. The Labute approximate surface area is 147 Å². The second-order valence-corrected chi connectivity index (χ2v) is 6.18. The van der Waals surface area contributed by atoms with Crippen molar-refractivity contribution in [1.82, 2.24) is 4.90 Å². The molecule has 0 saturated heterocycles. The summed E-state index contributed by atoms with van der Waals surface area (Å²) in [5, 5.41) is 0.785. The molecule has 1 amide bonds. The molecule has 3 rings (SSSR count). The van der Waals surface area contributed by atoms with Gasteiger partial charge in [0, 0.05) is 18.1 Å². The highest BCUT2D eigenvalue weighted by Gasteiger charge is 2.26. The lowest BCUT2D eigenvalue weighted by Crippen LogP contribution is -2.41. The van der Waals surface area contributed by atoms with E-state index in [0.717, 1.165) is 33.7 Å². The first-order valence-electron chi connectivity index (χ1n) is 7.43. The number of benzene rings is 2. The van der Waals surface area contributed by atoms with Gasteiger partial charge in [-0.2, -0.15) is 0 Å². The minimum absolute atomic E-state index is 0. The zero-order valence-electron chi connectivity index (χ0n) is 13.0. The van der Waals surface area contributed by atoms with Crippen LogP contribution >= 0.6 is 24.0 Å². The van der Waals surface area contributed by atoms with Gasteiger partial charge in [-0.3, -0.25) is 4.79 Å². The van der Waals surface area contributed by atoms with Crippen LogP contribution in [0, 0.1) is 6.92 Å². The normalized spacial score (nSPS) is 14.7. The lowest BCUT2D eigenvalue weighted by atomic mass is 9.98. The standard InChI is InChI=1S/C18H19ClN2O.ClH/c1-12-5-7-13(8-6-12)17(20)18(22)21-10-9-15-14(11-21)3-2-4-16(15)19;/h2-8,17H,9-11,20H2,1H3;1H. The molecule has 1 unspecified atom stereocenters. The lowest BCUT2D eigenvalue weighted by Gasteiger charge is -2.31. The van der Waals surface area contributed by atoms with Gasteiger partial charge in [0.25, 0.3) is 0 Å². The Hall–Kier alpha value is -1.55. The van der Waals surface area contributed by atoms with Crippen molar-refractivity contribution in [3.63, 3.8) is 0 Å². The number of aryl methyl sites for hydroxylation is 1. The van der Waals surface area contributed by atoms with Crippen molar-refractivity contribution in [2.45, 2.75) is 25.9 Å². The Kier molecular flexibility index (Phi) is 5.69. The number of hydrogen-bond donors (Lipinski definition) is 1. The van der Waals surface area contributed by atoms with E-state index in [1.54, 1.807) is 0 Å². The molecular formula is C18H20Cl2N2O. The Morgan fingerprint density at radius 1 is 1.22 bits per heavy atom. The summed E-state index contributed by atoms with van der Waals surface area (Å²) in [5.74, 6) is -0.0329. The fraction of sp³-hybridized carbons (Fsp3) is 0.278. The molecule has 0 aromatic heterocycles. The minimum atomic E-state index is -0.610. The van der Waals surface area contributed by atoms with E-state index in [2.05, 4.69) is 0 Å². The highest BCUT2D eigenvalue weighted by atomic mass is 35.5. The average Bonchev–Trinajstić information content (AvgIpc) is 2.54. The highest BCUT2D eigenvalue weighted by Crippen LogP contribution is 2.27. The average molecular weight is 351 g/mol. The Morgan fingerprint density at radius 3 is 2.61 bits per heavy atom. The largest absolute Gasteiger partial charge is 0.336 e. The Bertz CT molecular complexity index is 701. The maximum Gasteiger partial charge on any atom is 0.244 e. The van der Waals surface area contributed by atoms with Crippen LogP contribution in [0.2, 0.25) is 5.02 Å². The molecule has 1 heterocycles. The molecule has 23 heavy (non-hydrogen) atoms. The number of amides is 1. The molecule has 122 valence electrons. The first kappa shape index (κ1) is 17.8. The monoisotopic (exact) mass is 350 g/mol. The highest BCUT2D eigenvalue weighted by molar-refractivity contribution is 6.31. The van der Waals surface area contributed by atoms with E-state index in [1.165, 1.54) is 0 Å². The van der Waals surface area contributed by atoms with Gasteiger partial charge in [0.15, 0.2) is 0 Å². The van der Waals surface area contributed by atoms with Gasteiger partial charge in [-0.25, -0.2) is 0 Å². The lowest BCUT2D eigenvalue weighted by molar-refractivity contribution is -0.133. The number of nitrogens with two attached hydrogens (primary N) is 1. The molecule has 2 N–H and O–H groups in total. The second kappa shape index (κ2) is 7.35. The van der Waals surface area contributed by atoms with Gasteiger partial charge >= 0.3 is 0 Å².